The summed E-state index contributed by atoms with van der Waals surface area (Å²) in [4.78, 5) is 0. The van der Waals surface area contributed by atoms with Crippen molar-refractivity contribution < 1.29 is 8.42 Å². The van der Waals surface area contributed by atoms with Crippen LogP contribution in [-0.2, 0) is 10.0 Å². The van der Waals surface area contributed by atoms with Crippen molar-refractivity contribution in [2.45, 2.75) is 20.3 Å². The minimum atomic E-state index is -2.98. The first-order valence-corrected chi connectivity index (χ1v) is 5.08. The number of sulfonamides is 1. The van der Waals surface area contributed by atoms with Crippen molar-refractivity contribution in [3.63, 3.8) is 0 Å². The minimum Gasteiger partial charge on any atom is -0.218 e. The molecule has 0 saturated heterocycles. The van der Waals surface area contributed by atoms with Crippen LogP contribution in [0.15, 0.2) is 0 Å². The average molecular weight is 165 g/mol. The van der Waals surface area contributed by atoms with Gasteiger partial charge in [-0.3, -0.25) is 0 Å². The van der Waals surface area contributed by atoms with Gasteiger partial charge in [0.05, 0.1) is 5.75 Å². The molecule has 0 fully saturated rings. The van der Waals surface area contributed by atoms with Crippen molar-refractivity contribution in [1.82, 2.24) is 4.72 Å². The Labute approximate surface area is 62.9 Å². The molecule has 0 heterocycles. The highest BCUT2D eigenvalue weighted by atomic mass is 32.2. The molecule has 0 aromatic carbocycles. The molecule has 3 nitrogen and oxygen atoms in total. The molecule has 0 aliphatic rings. The highest BCUT2D eigenvalue weighted by Crippen LogP contribution is 2.02. The first-order valence-electron chi connectivity index (χ1n) is 3.43. The molecule has 1 N–H and O–H groups in total. The van der Waals surface area contributed by atoms with Crippen molar-refractivity contribution in [2.24, 2.45) is 5.92 Å². The minimum absolute atomic E-state index is 0.236. The molecule has 4 heteroatoms. The zero-order chi connectivity index (χ0) is 8.20. The molecule has 0 saturated carbocycles. The van der Waals surface area contributed by atoms with E-state index in [0.717, 1.165) is 6.42 Å². The standard InChI is InChI=1S/C6H15NO2S/c1-4-6(2)5-10(8,9)7-3/h6-7H,4-5H2,1-3H3. The lowest BCUT2D eigenvalue weighted by Gasteiger charge is -2.07. The third-order valence-electron chi connectivity index (χ3n) is 1.51. The van der Waals surface area contributed by atoms with Gasteiger partial charge in [0, 0.05) is 0 Å². The van der Waals surface area contributed by atoms with Crippen LogP contribution >= 0.6 is 0 Å². The molecular weight excluding hydrogens is 150 g/mol. The Morgan fingerprint density at radius 1 is 1.50 bits per heavy atom. The van der Waals surface area contributed by atoms with Gasteiger partial charge in [-0.15, -0.1) is 0 Å². The molecule has 0 rings (SSSR count). The summed E-state index contributed by atoms with van der Waals surface area (Å²) in [7, 11) is -1.54. The molecule has 10 heavy (non-hydrogen) atoms. The zero-order valence-corrected chi connectivity index (χ0v) is 7.53. The van der Waals surface area contributed by atoms with E-state index in [1.165, 1.54) is 7.05 Å². The lowest BCUT2D eigenvalue weighted by atomic mass is 10.2. The number of hydrogen-bond donors (Lipinski definition) is 1. The lowest BCUT2D eigenvalue weighted by Crippen LogP contribution is -2.25. The first-order chi connectivity index (χ1) is 4.52. The number of hydrogen-bond acceptors (Lipinski definition) is 2. The van der Waals surface area contributed by atoms with E-state index in [0.29, 0.717) is 0 Å². The van der Waals surface area contributed by atoms with Gasteiger partial charge < -0.3 is 0 Å². The van der Waals surface area contributed by atoms with Gasteiger partial charge in [-0.1, -0.05) is 20.3 Å². The summed E-state index contributed by atoms with van der Waals surface area (Å²) < 4.78 is 24.0. The lowest BCUT2D eigenvalue weighted by molar-refractivity contribution is 0.557. The highest BCUT2D eigenvalue weighted by molar-refractivity contribution is 7.89. The van der Waals surface area contributed by atoms with Crippen LogP contribution < -0.4 is 4.72 Å². The first kappa shape index (κ1) is 9.91. The van der Waals surface area contributed by atoms with E-state index in [2.05, 4.69) is 4.72 Å². The van der Waals surface area contributed by atoms with Crippen molar-refractivity contribution in [3.05, 3.63) is 0 Å². The summed E-state index contributed by atoms with van der Waals surface area (Å²) in [6.07, 6.45) is 0.904. The van der Waals surface area contributed by atoms with Gasteiger partial charge >= 0.3 is 0 Å². The smallest absolute Gasteiger partial charge is 0.211 e. The molecular formula is C6H15NO2S. The SMILES string of the molecule is CCC(C)CS(=O)(=O)NC. The summed E-state index contributed by atoms with van der Waals surface area (Å²) in [6.45, 7) is 3.91. The Morgan fingerprint density at radius 3 is 2.30 bits per heavy atom. The fourth-order valence-corrected chi connectivity index (χ4v) is 1.73. The Morgan fingerprint density at radius 2 is 2.00 bits per heavy atom. The van der Waals surface area contributed by atoms with E-state index in [1.54, 1.807) is 0 Å². The molecule has 0 aromatic rings. The number of rotatable bonds is 4. The van der Waals surface area contributed by atoms with Gasteiger partial charge in [0.1, 0.15) is 0 Å². The largest absolute Gasteiger partial charge is 0.218 e. The van der Waals surface area contributed by atoms with Gasteiger partial charge in [-0.2, -0.15) is 0 Å². The molecule has 0 radical (unpaired) electrons. The van der Waals surface area contributed by atoms with Crippen LogP contribution in [0.2, 0.25) is 0 Å². The Hall–Kier alpha value is -0.0900. The maximum atomic E-state index is 10.9. The van der Waals surface area contributed by atoms with Crippen LogP contribution in [0.5, 0.6) is 0 Å². The second kappa shape index (κ2) is 3.93. The van der Waals surface area contributed by atoms with E-state index >= 15 is 0 Å². The fourth-order valence-electron chi connectivity index (χ4n) is 0.576. The van der Waals surface area contributed by atoms with E-state index in [4.69, 9.17) is 0 Å². The molecule has 1 atom stereocenters. The Balaban J connectivity index is 3.90. The van der Waals surface area contributed by atoms with E-state index in [-0.39, 0.29) is 11.7 Å². The van der Waals surface area contributed by atoms with Crippen molar-refractivity contribution >= 4 is 10.0 Å². The van der Waals surface area contributed by atoms with Gasteiger partial charge in [0.2, 0.25) is 10.0 Å². The average Bonchev–Trinajstić information content (AvgIpc) is 1.87. The van der Waals surface area contributed by atoms with Crippen LogP contribution in [0.3, 0.4) is 0 Å². The van der Waals surface area contributed by atoms with Gasteiger partial charge in [-0.25, -0.2) is 13.1 Å². The molecule has 0 aliphatic heterocycles. The van der Waals surface area contributed by atoms with E-state index < -0.39 is 10.0 Å². The molecule has 0 bridgehead atoms. The highest BCUT2D eigenvalue weighted by Gasteiger charge is 2.10. The summed E-state index contributed by atoms with van der Waals surface area (Å²) >= 11 is 0. The van der Waals surface area contributed by atoms with Crippen molar-refractivity contribution in [1.29, 1.82) is 0 Å². The molecule has 0 spiro atoms. The molecule has 0 aromatic heterocycles. The second-order valence-corrected chi connectivity index (χ2v) is 4.47. The molecule has 0 aliphatic carbocycles. The number of nitrogens with one attached hydrogen (secondary N) is 1. The van der Waals surface area contributed by atoms with Crippen LogP contribution in [0.1, 0.15) is 20.3 Å². The third-order valence-corrected chi connectivity index (χ3v) is 3.14. The van der Waals surface area contributed by atoms with Crippen molar-refractivity contribution in [3.8, 4) is 0 Å². The van der Waals surface area contributed by atoms with Crippen molar-refractivity contribution in [2.75, 3.05) is 12.8 Å². The van der Waals surface area contributed by atoms with Crippen LogP contribution in [0, 0.1) is 5.92 Å². The van der Waals surface area contributed by atoms with E-state index in [1.807, 2.05) is 13.8 Å². The predicted octanol–water partition coefficient (Wildman–Crippen LogP) is 0.582. The van der Waals surface area contributed by atoms with Gasteiger partial charge in [-0.05, 0) is 13.0 Å². The van der Waals surface area contributed by atoms with Gasteiger partial charge in [0.25, 0.3) is 0 Å². The van der Waals surface area contributed by atoms with E-state index in [9.17, 15) is 8.42 Å². The monoisotopic (exact) mass is 165 g/mol. The van der Waals surface area contributed by atoms with Gasteiger partial charge in [0.15, 0.2) is 0 Å². The van der Waals surface area contributed by atoms with Crippen LogP contribution in [0.25, 0.3) is 0 Å². The maximum absolute atomic E-state index is 10.9. The predicted molar refractivity (Wildman–Crippen MR) is 42.3 cm³/mol. The fraction of sp³-hybridized carbons (Fsp3) is 1.00. The van der Waals surface area contributed by atoms with Crippen LogP contribution in [0.4, 0.5) is 0 Å². The summed E-state index contributed by atoms with van der Waals surface area (Å²) in [5.41, 5.74) is 0. The molecule has 0 amide bonds. The third kappa shape index (κ3) is 3.85. The normalized spacial score (nSPS) is 15.1. The van der Waals surface area contributed by atoms with Crippen LogP contribution in [-0.4, -0.2) is 21.2 Å². The summed E-state index contributed by atoms with van der Waals surface area (Å²) in [5.74, 6) is 0.484. The molecule has 1 unspecified atom stereocenters. The summed E-state index contributed by atoms with van der Waals surface area (Å²) in [6, 6.07) is 0. The molecule has 62 valence electrons. The maximum Gasteiger partial charge on any atom is 0.211 e. The topological polar surface area (TPSA) is 46.2 Å². The zero-order valence-electron chi connectivity index (χ0n) is 6.72. The quantitative estimate of drug-likeness (QED) is 0.662. The second-order valence-electron chi connectivity index (χ2n) is 2.50. The Kier molecular flexibility index (Phi) is 3.89. The Bertz CT molecular complexity index is 174. The summed E-state index contributed by atoms with van der Waals surface area (Å²) in [5, 5.41) is 0.